The van der Waals surface area contributed by atoms with Crippen LogP contribution in [0.4, 0.5) is 0 Å². The topological polar surface area (TPSA) is 331 Å². The summed E-state index contributed by atoms with van der Waals surface area (Å²) in [5.41, 5.74) is 5.70. The molecule has 0 radical (unpaired) electrons. The molecule has 0 aliphatic heterocycles. The van der Waals surface area contributed by atoms with Gasteiger partial charge in [-0.3, -0.25) is 47.8 Å². The molecule has 21 heteroatoms. The number of nitrogens with two attached hydrogens (primary N) is 1. The van der Waals surface area contributed by atoms with Crippen LogP contribution < -0.4 is 32.3 Å². The molecule has 1 aromatic rings. The third-order valence-corrected chi connectivity index (χ3v) is 6.59. The zero-order chi connectivity index (χ0) is 36.7. The quantitative estimate of drug-likeness (QED) is 0.0601. The number of primary amides is 1. The molecule has 21 nitrogen and oxygen atoms in total. The largest absolute Gasteiger partial charge is 0.481 e. The summed E-state index contributed by atoms with van der Waals surface area (Å²) in [6, 6.07) is -7.87. The highest BCUT2D eigenvalue weighted by Crippen LogP contribution is 2.08. The molecule has 1 aromatic heterocycles. The monoisotopic (exact) mass is 683 g/mol. The minimum absolute atomic E-state index is 0.196. The predicted molar refractivity (Wildman–Crippen MR) is 160 cm³/mol. The van der Waals surface area contributed by atoms with Crippen LogP contribution in [-0.2, 0) is 56.1 Å². The van der Waals surface area contributed by atoms with Crippen molar-refractivity contribution in [3.05, 3.63) is 11.9 Å². The summed E-state index contributed by atoms with van der Waals surface area (Å²) in [5, 5.41) is 46.5. The molecule has 0 aliphatic carbocycles. The Bertz CT molecular complexity index is 1360. The SMILES string of the molecule is CCn1cc(C[C@@H](NC(=O)[C@@H](CC(=O)O)NC(=O)C(NC(=O)[C@@H](CCC(=O)O)NC(=O)[C@@H](CC(=O)O)NC(C)=O)C(C)C)C(N)=O)nn1. The Morgan fingerprint density at radius 3 is 1.69 bits per heavy atom. The zero-order valence-electron chi connectivity index (χ0n) is 26.7. The van der Waals surface area contributed by atoms with E-state index < -0.39 is 115 Å². The second-order valence-corrected chi connectivity index (χ2v) is 11.0. The number of hydrogen-bond acceptors (Lipinski definition) is 11. The first-order chi connectivity index (χ1) is 22.3. The Hall–Kier alpha value is -5.63. The van der Waals surface area contributed by atoms with Gasteiger partial charge in [0.2, 0.25) is 35.4 Å². The number of carboxylic acids is 3. The molecule has 0 aliphatic rings. The Balaban J connectivity index is 3.19. The summed E-state index contributed by atoms with van der Waals surface area (Å²) >= 11 is 0. The van der Waals surface area contributed by atoms with Crippen LogP contribution >= 0.6 is 0 Å². The van der Waals surface area contributed by atoms with Gasteiger partial charge in [0, 0.05) is 32.5 Å². The Morgan fingerprint density at radius 1 is 0.750 bits per heavy atom. The van der Waals surface area contributed by atoms with E-state index >= 15 is 0 Å². The predicted octanol–water partition coefficient (Wildman–Crippen LogP) is -3.76. The number of aryl methyl sites for hydroxylation is 1. The highest BCUT2D eigenvalue weighted by molar-refractivity contribution is 5.97. The normalized spacial score (nSPS) is 13.9. The molecule has 0 fully saturated rings. The molecule has 48 heavy (non-hydrogen) atoms. The molecule has 0 bridgehead atoms. The molecule has 266 valence electrons. The number of amides is 6. The fraction of sp³-hybridized carbons (Fsp3) is 0.593. The number of carbonyl (C=O) groups is 9. The molecule has 6 amide bonds. The molecule has 1 unspecified atom stereocenters. The Labute approximate surface area is 273 Å². The van der Waals surface area contributed by atoms with Crippen molar-refractivity contribution in [1.29, 1.82) is 0 Å². The number of hydrogen-bond donors (Lipinski definition) is 9. The second kappa shape index (κ2) is 19.1. The standard InChI is InChI=1S/C27H41N9O12/c1-5-36-11-14(34-35-36)8-16(23(28)44)31-26(47)18(10-21(42)43)32-27(48)22(12(2)3)33-24(45)15(6-7-19(38)39)30-25(46)17(9-20(40)41)29-13(4)37/h11-12,15-18,22H,5-10H2,1-4H3,(H2,28,44)(H,29,37)(H,30,46)(H,31,47)(H,32,48)(H,33,45)(H,38,39)(H,40,41)(H,42,43)/t15-,16-,17-,18-,22?/m1/s1. The van der Waals surface area contributed by atoms with Gasteiger partial charge in [0.05, 0.1) is 18.5 Å². The van der Waals surface area contributed by atoms with Crippen LogP contribution in [0, 0.1) is 5.92 Å². The lowest BCUT2D eigenvalue weighted by Crippen LogP contribution is -2.60. The van der Waals surface area contributed by atoms with Crippen LogP contribution in [0.2, 0.25) is 0 Å². The van der Waals surface area contributed by atoms with Gasteiger partial charge in [0.1, 0.15) is 30.2 Å². The van der Waals surface area contributed by atoms with Gasteiger partial charge in [-0.15, -0.1) is 5.10 Å². The number of rotatable bonds is 21. The van der Waals surface area contributed by atoms with E-state index in [1.165, 1.54) is 24.7 Å². The Kier molecular flexibility index (Phi) is 16.1. The highest BCUT2D eigenvalue weighted by Gasteiger charge is 2.34. The molecule has 0 saturated carbocycles. The summed E-state index contributed by atoms with van der Waals surface area (Å²) in [6.07, 6.45) is -1.65. The van der Waals surface area contributed by atoms with Crippen molar-refractivity contribution in [2.24, 2.45) is 11.7 Å². The van der Waals surface area contributed by atoms with E-state index in [-0.39, 0.29) is 6.42 Å². The zero-order valence-corrected chi connectivity index (χ0v) is 26.7. The molecule has 1 heterocycles. The van der Waals surface area contributed by atoms with Gasteiger partial charge in [-0.05, 0) is 19.3 Å². The number of aliphatic carboxylic acids is 3. The first kappa shape index (κ1) is 40.4. The minimum Gasteiger partial charge on any atom is -0.481 e. The maximum absolute atomic E-state index is 13.3. The molecule has 0 saturated heterocycles. The van der Waals surface area contributed by atoms with Crippen molar-refractivity contribution in [2.75, 3.05) is 0 Å². The Morgan fingerprint density at radius 2 is 1.25 bits per heavy atom. The maximum Gasteiger partial charge on any atom is 0.305 e. The third kappa shape index (κ3) is 14.2. The first-order valence-corrected chi connectivity index (χ1v) is 14.7. The number of nitrogens with zero attached hydrogens (tertiary/aromatic N) is 3. The average molecular weight is 684 g/mol. The van der Waals surface area contributed by atoms with Gasteiger partial charge in [-0.1, -0.05) is 19.1 Å². The van der Waals surface area contributed by atoms with E-state index in [9.17, 15) is 48.3 Å². The molecule has 10 N–H and O–H groups in total. The first-order valence-electron chi connectivity index (χ1n) is 14.7. The maximum atomic E-state index is 13.3. The van der Waals surface area contributed by atoms with Crippen LogP contribution in [-0.4, -0.2) is 114 Å². The van der Waals surface area contributed by atoms with E-state index in [0.717, 1.165) is 6.92 Å². The lowest BCUT2D eigenvalue weighted by molar-refractivity contribution is -0.142. The van der Waals surface area contributed by atoms with Crippen molar-refractivity contribution < 1.29 is 58.5 Å². The summed E-state index contributed by atoms with van der Waals surface area (Å²) in [5.74, 6) is -11.1. The average Bonchev–Trinajstić information content (AvgIpc) is 3.43. The van der Waals surface area contributed by atoms with Crippen LogP contribution in [0.5, 0.6) is 0 Å². The van der Waals surface area contributed by atoms with Crippen molar-refractivity contribution >= 4 is 53.4 Å². The molecular formula is C27H41N9O12. The van der Waals surface area contributed by atoms with Crippen molar-refractivity contribution in [1.82, 2.24) is 41.6 Å². The lowest BCUT2D eigenvalue weighted by atomic mass is 10.0. The van der Waals surface area contributed by atoms with E-state index in [4.69, 9.17) is 15.9 Å². The fourth-order valence-corrected chi connectivity index (χ4v) is 4.16. The summed E-state index contributed by atoms with van der Waals surface area (Å²) in [6.45, 7) is 6.24. The van der Waals surface area contributed by atoms with Crippen molar-refractivity contribution in [3.63, 3.8) is 0 Å². The third-order valence-electron chi connectivity index (χ3n) is 6.59. The van der Waals surface area contributed by atoms with Gasteiger partial charge in [-0.2, -0.15) is 0 Å². The van der Waals surface area contributed by atoms with Gasteiger partial charge >= 0.3 is 17.9 Å². The van der Waals surface area contributed by atoms with E-state index in [0.29, 0.717) is 12.2 Å². The van der Waals surface area contributed by atoms with Crippen LogP contribution in [0.1, 0.15) is 59.1 Å². The van der Waals surface area contributed by atoms with E-state index in [1.807, 2.05) is 0 Å². The smallest absolute Gasteiger partial charge is 0.305 e. The van der Waals surface area contributed by atoms with Crippen LogP contribution in [0.15, 0.2) is 6.20 Å². The van der Waals surface area contributed by atoms with Crippen molar-refractivity contribution in [2.45, 2.75) is 96.6 Å². The lowest BCUT2D eigenvalue weighted by Gasteiger charge is -2.28. The van der Waals surface area contributed by atoms with Gasteiger partial charge in [0.15, 0.2) is 0 Å². The number of aromatic nitrogens is 3. The molecular weight excluding hydrogens is 642 g/mol. The second-order valence-electron chi connectivity index (χ2n) is 11.0. The number of carbonyl (C=O) groups excluding carboxylic acids is 6. The van der Waals surface area contributed by atoms with E-state index in [1.54, 1.807) is 6.92 Å². The van der Waals surface area contributed by atoms with Gasteiger partial charge < -0.3 is 47.6 Å². The summed E-state index contributed by atoms with van der Waals surface area (Å²) in [7, 11) is 0. The molecule has 0 spiro atoms. The fourth-order valence-electron chi connectivity index (χ4n) is 4.16. The van der Waals surface area contributed by atoms with Gasteiger partial charge in [-0.25, -0.2) is 0 Å². The van der Waals surface area contributed by atoms with E-state index in [2.05, 4.69) is 36.9 Å². The number of carboxylic acid groups (broad SMARTS) is 3. The van der Waals surface area contributed by atoms with Crippen molar-refractivity contribution in [3.8, 4) is 0 Å². The summed E-state index contributed by atoms with van der Waals surface area (Å²) in [4.78, 5) is 110. The van der Waals surface area contributed by atoms with Crippen LogP contribution in [0.25, 0.3) is 0 Å². The molecule has 0 aromatic carbocycles. The highest BCUT2D eigenvalue weighted by atomic mass is 16.4. The molecule has 1 rings (SSSR count). The number of nitrogens with one attached hydrogen (secondary N) is 5. The van der Waals surface area contributed by atoms with Gasteiger partial charge in [0.25, 0.3) is 0 Å². The van der Waals surface area contributed by atoms with Crippen LogP contribution in [0.3, 0.4) is 0 Å². The summed E-state index contributed by atoms with van der Waals surface area (Å²) < 4.78 is 1.46. The molecule has 5 atom stereocenters. The minimum atomic E-state index is -1.77.